The molecule has 29 heavy (non-hydrogen) atoms. The Labute approximate surface area is 179 Å². The number of hydrogen-bond acceptors (Lipinski definition) is 4. The molecule has 0 amide bonds. The van der Waals surface area contributed by atoms with Gasteiger partial charge in [0.2, 0.25) is 0 Å². The largest absolute Gasteiger partial charge is 0.508 e. The Kier molecular flexibility index (Phi) is 8.52. The molecule has 0 aliphatic carbocycles. The fourth-order valence-electron chi connectivity index (χ4n) is 3.19. The van der Waals surface area contributed by atoms with E-state index in [1.54, 1.807) is 12.1 Å². The fourth-order valence-corrected chi connectivity index (χ4v) is 3.19. The lowest BCUT2D eigenvalue weighted by atomic mass is 10.1. The van der Waals surface area contributed by atoms with E-state index in [0.717, 1.165) is 0 Å². The molecule has 4 N–H and O–H groups in total. The van der Waals surface area contributed by atoms with Crippen LogP contribution in [0, 0.1) is 0 Å². The first-order valence-corrected chi connectivity index (χ1v) is 9.65. The SMILES string of the molecule is CC(NCc1cc(O)c(CNC(C)c2ccccc2)cc1O)c1ccccc1.Cl. The van der Waals surface area contributed by atoms with Crippen molar-refractivity contribution in [1.29, 1.82) is 0 Å². The number of phenols is 2. The maximum Gasteiger partial charge on any atom is 0.120 e. The zero-order valence-corrected chi connectivity index (χ0v) is 17.6. The van der Waals surface area contributed by atoms with E-state index in [1.807, 2.05) is 36.4 Å². The van der Waals surface area contributed by atoms with Gasteiger partial charge in [0.1, 0.15) is 11.5 Å². The van der Waals surface area contributed by atoms with Crippen LogP contribution in [0.15, 0.2) is 72.8 Å². The molecule has 5 heteroatoms. The number of rotatable bonds is 8. The number of halogens is 1. The molecular weight excluding hydrogens is 384 g/mol. The van der Waals surface area contributed by atoms with E-state index in [-0.39, 0.29) is 36.0 Å². The van der Waals surface area contributed by atoms with E-state index >= 15 is 0 Å². The zero-order valence-electron chi connectivity index (χ0n) is 16.8. The molecule has 0 aromatic heterocycles. The fraction of sp³-hybridized carbons (Fsp3) is 0.250. The summed E-state index contributed by atoms with van der Waals surface area (Å²) in [6.45, 7) is 5.11. The summed E-state index contributed by atoms with van der Waals surface area (Å²) < 4.78 is 0. The summed E-state index contributed by atoms with van der Waals surface area (Å²) in [5.41, 5.74) is 3.73. The van der Waals surface area contributed by atoms with Gasteiger partial charge in [0.25, 0.3) is 0 Å². The summed E-state index contributed by atoms with van der Waals surface area (Å²) in [6.07, 6.45) is 0. The maximum absolute atomic E-state index is 10.4. The molecule has 3 aromatic rings. The topological polar surface area (TPSA) is 64.5 Å². The minimum atomic E-state index is 0. The molecule has 0 aliphatic heterocycles. The second-order valence-corrected chi connectivity index (χ2v) is 7.14. The van der Waals surface area contributed by atoms with Gasteiger partial charge in [0.15, 0.2) is 0 Å². The quantitative estimate of drug-likeness (QED) is 0.383. The molecule has 3 rings (SSSR count). The first-order chi connectivity index (χ1) is 13.5. The highest BCUT2D eigenvalue weighted by Crippen LogP contribution is 2.28. The summed E-state index contributed by atoms with van der Waals surface area (Å²) in [7, 11) is 0. The van der Waals surface area contributed by atoms with E-state index in [4.69, 9.17) is 0 Å². The Morgan fingerprint density at radius 2 is 1.00 bits per heavy atom. The average molecular weight is 413 g/mol. The highest BCUT2D eigenvalue weighted by molar-refractivity contribution is 5.85. The lowest BCUT2D eigenvalue weighted by Gasteiger charge is -2.17. The zero-order chi connectivity index (χ0) is 19.9. The number of phenolic OH excluding ortho intramolecular Hbond substituents is 2. The van der Waals surface area contributed by atoms with Crippen LogP contribution in [0.1, 0.15) is 48.2 Å². The Balaban J connectivity index is 0.00000300. The van der Waals surface area contributed by atoms with Crippen molar-refractivity contribution in [3.8, 4) is 11.5 Å². The molecule has 0 radical (unpaired) electrons. The molecule has 0 spiro atoms. The van der Waals surface area contributed by atoms with Gasteiger partial charge in [-0.05, 0) is 37.1 Å². The molecule has 154 valence electrons. The van der Waals surface area contributed by atoms with Crippen LogP contribution in [0.3, 0.4) is 0 Å². The Morgan fingerprint density at radius 1 is 0.655 bits per heavy atom. The lowest BCUT2D eigenvalue weighted by molar-refractivity contribution is 0.438. The molecule has 0 bridgehead atoms. The van der Waals surface area contributed by atoms with Gasteiger partial charge in [0.05, 0.1) is 0 Å². The average Bonchev–Trinajstić information content (AvgIpc) is 2.73. The molecule has 3 aromatic carbocycles. The Morgan fingerprint density at radius 3 is 1.34 bits per heavy atom. The minimum Gasteiger partial charge on any atom is -0.508 e. The molecule has 2 atom stereocenters. The third-order valence-corrected chi connectivity index (χ3v) is 5.08. The van der Waals surface area contributed by atoms with Crippen LogP contribution in [0.2, 0.25) is 0 Å². The molecule has 0 heterocycles. The first kappa shape index (κ1) is 22.8. The molecule has 0 saturated heterocycles. The van der Waals surface area contributed by atoms with Crippen LogP contribution in [-0.4, -0.2) is 10.2 Å². The normalized spacial score (nSPS) is 12.8. The second-order valence-electron chi connectivity index (χ2n) is 7.14. The molecule has 2 unspecified atom stereocenters. The summed E-state index contributed by atoms with van der Waals surface area (Å²) in [5.74, 6) is 0.379. The first-order valence-electron chi connectivity index (χ1n) is 9.65. The van der Waals surface area contributed by atoms with Crippen molar-refractivity contribution in [3.63, 3.8) is 0 Å². The van der Waals surface area contributed by atoms with Gasteiger partial charge < -0.3 is 20.8 Å². The smallest absolute Gasteiger partial charge is 0.120 e. The van der Waals surface area contributed by atoms with E-state index in [1.165, 1.54) is 11.1 Å². The Hall–Kier alpha value is -2.53. The van der Waals surface area contributed by atoms with Crippen molar-refractivity contribution in [3.05, 3.63) is 95.1 Å². The van der Waals surface area contributed by atoms with Gasteiger partial charge in [-0.25, -0.2) is 0 Å². The number of nitrogens with one attached hydrogen (secondary N) is 2. The molecule has 4 nitrogen and oxygen atoms in total. The van der Waals surface area contributed by atoms with Gasteiger partial charge in [-0.15, -0.1) is 12.4 Å². The van der Waals surface area contributed by atoms with Crippen LogP contribution in [0.5, 0.6) is 11.5 Å². The highest BCUT2D eigenvalue weighted by Gasteiger charge is 2.12. The van der Waals surface area contributed by atoms with Crippen molar-refractivity contribution in [2.45, 2.75) is 39.0 Å². The van der Waals surface area contributed by atoms with Gasteiger partial charge in [0, 0.05) is 36.3 Å². The van der Waals surface area contributed by atoms with Crippen LogP contribution in [-0.2, 0) is 13.1 Å². The second kappa shape index (κ2) is 10.9. The van der Waals surface area contributed by atoms with Crippen LogP contribution in [0.25, 0.3) is 0 Å². The van der Waals surface area contributed by atoms with Crippen LogP contribution in [0.4, 0.5) is 0 Å². The third-order valence-electron chi connectivity index (χ3n) is 5.08. The molecule has 0 aliphatic rings. The van der Waals surface area contributed by atoms with Gasteiger partial charge in [-0.3, -0.25) is 0 Å². The number of benzene rings is 3. The van der Waals surface area contributed by atoms with Crippen LogP contribution < -0.4 is 10.6 Å². The lowest BCUT2D eigenvalue weighted by Crippen LogP contribution is -2.19. The van der Waals surface area contributed by atoms with E-state index in [0.29, 0.717) is 24.2 Å². The van der Waals surface area contributed by atoms with Crippen molar-refractivity contribution < 1.29 is 10.2 Å². The van der Waals surface area contributed by atoms with Crippen molar-refractivity contribution in [1.82, 2.24) is 10.6 Å². The monoisotopic (exact) mass is 412 g/mol. The van der Waals surface area contributed by atoms with E-state index in [9.17, 15) is 10.2 Å². The summed E-state index contributed by atoms with van der Waals surface area (Å²) in [5, 5.41) is 27.6. The predicted molar refractivity (Wildman–Crippen MR) is 120 cm³/mol. The van der Waals surface area contributed by atoms with Gasteiger partial charge >= 0.3 is 0 Å². The van der Waals surface area contributed by atoms with Crippen molar-refractivity contribution in [2.75, 3.05) is 0 Å². The Bertz CT molecular complexity index is 813. The number of hydrogen-bond donors (Lipinski definition) is 4. The molecule has 0 saturated carbocycles. The summed E-state index contributed by atoms with van der Waals surface area (Å²) >= 11 is 0. The van der Waals surface area contributed by atoms with E-state index < -0.39 is 0 Å². The number of aromatic hydroxyl groups is 2. The van der Waals surface area contributed by atoms with Gasteiger partial charge in [-0.2, -0.15) is 0 Å². The summed E-state index contributed by atoms with van der Waals surface area (Å²) in [6, 6.07) is 23.9. The maximum atomic E-state index is 10.4. The van der Waals surface area contributed by atoms with Crippen molar-refractivity contribution >= 4 is 12.4 Å². The standard InChI is InChI=1S/C24H28N2O2.ClH/c1-17(19-9-5-3-6-10-19)25-15-21-13-24(28)22(14-23(21)27)16-26-18(2)20-11-7-4-8-12-20;/h3-14,17-18,25-28H,15-16H2,1-2H3;1H. The minimum absolute atomic E-state index is 0. The molecule has 0 fully saturated rings. The van der Waals surface area contributed by atoms with E-state index in [2.05, 4.69) is 48.7 Å². The summed E-state index contributed by atoms with van der Waals surface area (Å²) in [4.78, 5) is 0. The van der Waals surface area contributed by atoms with Crippen molar-refractivity contribution in [2.24, 2.45) is 0 Å². The van der Waals surface area contributed by atoms with Gasteiger partial charge in [-0.1, -0.05) is 60.7 Å². The predicted octanol–water partition coefficient (Wildman–Crippen LogP) is 5.22. The van der Waals surface area contributed by atoms with Crippen LogP contribution >= 0.6 is 12.4 Å². The molecular formula is C24H29ClN2O2. The third kappa shape index (κ3) is 6.23. The highest BCUT2D eigenvalue weighted by atomic mass is 35.5.